The lowest BCUT2D eigenvalue weighted by Gasteiger charge is -2.15. The second-order valence-corrected chi connectivity index (χ2v) is 4.11. The predicted molar refractivity (Wildman–Crippen MR) is 68.7 cm³/mol. The minimum atomic E-state index is 0.0855. The molecule has 1 atom stereocenters. The third-order valence-corrected chi connectivity index (χ3v) is 2.76. The molecule has 90 valence electrons. The van der Waals surface area contributed by atoms with Crippen LogP contribution in [0.3, 0.4) is 0 Å². The fourth-order valence-corrected chi connectivity index (χ4v) is 1.67. The Morgan fingerprint density at radius 2 is 1.94 bits per heavy atom. The van der Waals surface area contributed by atoms with E-state index in [0.717, 1.165) is 30.8 Å². The Morgan fingerprint density at radius 3 is 2.62 bits per heavy atom. The summed E-state index contributed by atoms with van der Waals surface area (Å²) in [6, 6.07) is 8.17. The van der Waals surface area contributed by atoms with E-state index in [1.54, 1.807) is 0 Å². The van der Waals surface area contributed by atoms with Crippen molar-refractivity contribution in [3.63, 3.8) is 0 Å². The summed E-state index contributed by atoms with van der Waals surface area (Å²) < 4.78 is 5.78. The molecule has 0 unspecified atom stereocenters. The van der Waals surface area contributed by atoms with Crippen molar-refractivity contribution in [3.8, 4) is 5.75 Å². The second-order valence-electron chi connectivity index (χ2n) is 4.11. The first-order chi connectivity index (χ1) is 7.79. The summed E-state index contributed by atoms with van der Waals surface area (Å²) in [7, 11) is 0. The van der Waals surface area contributed by atoms with Gasteiger partial charge in [0.15, 0.2) is 0 Å². The Hall–Kier alpha value is -1.02. The molecule has 0 aliphatic carbocycles. The van der Waals surface area contributed by atoms with Crippen LogP contribution >= 0.6 is 0 Å². The van der Waals surface area contributed by atoms with Crippen molar-refractivity contribution < 1.29 is 4.74 Å². The zero-order chi connectivity index (χ0) is 11.8. The van der Waals surface area contributed by atoms with Gasteiger partial charge >= 0.3 is 0 Å². The van der Waals surface area contributed by atoms with E-state index in [1.165, 1.54) is 12.8 Å². The van der Waals surface area contributed by atoms with Crippen LogP contribution in [-0.2, 0) is 0 Å². The Labute approximate surface area is 98.8 Å². The van der Waals surface area contributed by atoms with Gasteiger partial charge in [-0.25, -0.2) is 0 Å². The van der Waals surface area contributed by atoms with Gasteiger partial charge in [-0.2, -0.15) is 0 Å². The van der Waals surface area contributed by atoms with Gasteiger partial charge in [-0.1, -0.05) is 44.9 Å². The van der Waals surface area contributed by atoms with Gasteiger partial charge in [0.05, 0.1) is 6.61 Å². The molecule has 0 saturated carbocycles. The van der Waals surface area contributed by atoms with E-state index in [-0.39, 0.29) is 6.04 Å². The molecule has 1 aromatic carbocycles. The molecule has 0 fully saturated rings. The Morgan fingerprint density at radius 1 is 1.19 bits per heavy atom. The first-order valence-electron chi connectivity index (χ1n) is 6.26. The number of unbranched alkanes of at least 4 members (excludes halogenated alkanes) is 2. The molecule has 0 heterocycles. The average Bonchev–Trinajstić information content (AvgIpc) is 2.34. The number of benzene rings is 1. The van der Waals surface area contributed by atoms with Gasteiger partial charge in [-0.05, 0) is 18.9 Å². The fourth-order valence-electron chi connectivity index (χ4n) is 1.67. The normalized spacial score (nSPS) is 12.4. The van der Waals surface area contributed by atoms with E-state index in [0.29, 0.717) is 0 Å². The standard InChI is InChI=1S/C14H23NO/c1-3-5-8-11-16-14-10-7-6-9-12(14)13(15)4-2/h6-7,9-10,13H,3-5,8,11,15H2,1-2H3/t13-/m1/s1. The maximum atomic E-state index is 6.05. The van der Waals surface area contributed by atoms with E-state index in [1.807, 2.05) is 18.2 Å². The molecular formula is C14H23NO. The third kappa shape index (κ3) is 3.86. The molecule has 2 nitrogen and oxygen atoms in total. The molecule has 0 saturated heterocycles. The first kappa shape index (κ1) is 13.0. The van der Waals surface area contributed by atoms with Crippen molar-refractivity contribution in [1.29, 1.82) is 0 Å². The van der Waals surface area contributed by atoms with E-state index in [2.05, 4.69) is 19.9 Å². The molecule has 0 spiro atoms. The molecule has 2 N–H and O–H groups in total. The summed E-state index contributed by atoms with van der Waals surface area (Å²) >= 11 is 0. The Kier molecular flexibility index (Phi) is 5.94. The maximum Gasteiger partial charge on any atom is 0.124 e. The molecule has 0 radical (unpaired) electrons. The van der Waals surface area contributed by atoms with Crippen molar-refractivity contribution >= 4 is 0 Å². The van der Waals surface area contributed by atoms with Crippen molar-refractivity contribution in [2.75, 3.05) is 6.61 Å². The zero-order valence-corrected chi connectivity index (χ0v) is 10.4. The highest BCUT2D eigenvalue weighted by atomic mass is 16.5. The summed E-state index contributed by atoms with van der Waals surface area (Å²) in [5, 5.41) is 0. The molecule has 16 heavy (non-hydrogen) atoms. The van der Waals surface area contributed by atoms with E-state index < -0.39 is 0 Å². The monoisotopic (exact) mass is 221 g/mol. The molecule has 0 aromatic heterocycles. The zero-order valence-electron chi connectivity index (χ0n) is 10.4. The largest absolute Gasteiger partial charge is 0.493 e. The fraction of sp³-hybridized carbons (Fsp3) is 0.571. The number of hydrogen-bond donors (Lipinski definition) is 1. The maximum absolute atomic E-state index is 6.05. The van der Waals surface area contributed by atoms with E-state index >= 15 is 0 Å². The molecule has 0 aliphatic rings. The van der Waals surface area contributed by atoms with Gasteiger partial charge in [0.2, 0.25) is 0 Å². The molecule has 0 bridgehead atoms. The lowest BCUT2D eigenvalue weighted by molar-refractivity contribution is 0.301. The smallest absolute Gasteiger partial charge is 0.124 e. The lowest BCUT2D eigenvalue weighted by atomic mass is 10.0. The molecule has 0 aliphatic heterocycles. The van der Waals surface area contributed by atoms with Gasteiger partial charge in [-0.3, -0.25) is 0 Å². The van der Waals surface area contributed by atoms with Crippen LogP contribution in [0.2, 0.25) is 0 Å². The van der Waals surface area contributed by atoms with Crippen LogP contribution in [0.5, 0.6) is 5.75 Å². The number of ether oxygens (including phenoxy) is 1. The second kappa shape index (κ2) is 7.29. The van der Waals surface area contributed by atoms with Crippen LogP contribution in [0.25, 0.3) is 0 Å². The quantitative estimate of drug-likeness (QED) is 0.713. The van der Waals surface area contributed by atoms with Crippen LogP contribution in [0, 0.1) is 0 Å². The summed E-state index contributed by atoms with van der Waals surface area (Å²) in [5.41, 5.74) is 7.17. The Balaban J connectivity index is 2.57. The summed E-state index contributed by atoms with van der Waals surface area (Å²) in [4.78, 5) is 0. The average molecular weight is 221 g/mol. The Bertz CT molecular complexity index is 299. The summed E-state index contributed by atoms with van der Waals surface area (Å²) in [5.74, 6) is 0.952. The van der Waals surface area contributed by atoms with Crippen LogP contribution in [0.15, 0.2) is 24.3 Å². The van der Waals surface area contributed by atoms with Gasteiger partial charge in [0.1, 0.15) is 5.75 Å². The molecule has 2 heteroatoms. The number of nitrogens with two attached hydrogens (primary N) is 1. The topological polar surface area (TPSA) is 35.2 Å². The van der Waals surface area contributed by atoms with Gasteiger partial charge < -0.3 is 10.5 Å². The van der Waals surface area contributed by atoms with Gasteiger partial charge in [0.25, 0.3) is 0 Å². The number of para-hydroxylation sites is 1. The van der Waals surface area contributed by atoms with Gasteiger partial charge in [-0.15, -0.1) is 0 Å². The first-order valence-corrected chi connectivity index (χ1v) is 6.26. The lowest BCUT2D eigenvalue weighted by Crippen LogP contribution is -2.11. The highest BCUT2D eigenvalue weighted by Gasteiger charge is 2.09. The van der Waals surface area contributed by atoms with Crippen molar-refractivity contribution in [2.45, 2.75) is 45.6 Å². The SMILES string of the molecule is CCCCCOc1ccccc1[C@H](N)CC. The number of rotatable bonds is 7. The summed E-state index contributed by atoms with van der Waals surface area (Å²) in [6.07, 6.45) is 4.50. The van der Waals surface area contributed by atoms with Crippen molar-refractivity contribution in [1.82, 2.24) is 0 Å². The van der Waals surface area contributed by atoms with E-state index in [9.17, 15) is 0 Å². The molecule has 0 amide bonds. The van der Waals surface area contributed by atoms with Crippen LogP contribution < -0.4 is 10.5 Å². The van der Waals surface area contributed by atoms with E-state index in [4.69, 9.17) is 10.5 Å². The van der Waals surface area contributed by atoms with Crippen molar-refractivity contribution in [2.24, 2.45) is 5.73 Å². The highest BCUT2D eigenvalue weighted by molar-refractivity contribution is 5.35. The molecular weight excluding hydrogens is 198 g/mol. The molecule has 1 rings (SSSR count). The predicted octanol–water partition coefficient (Wildman–Crippen LogP) is 3.67. The third-order valence-electron chi connectivity index (χ3n) is 2.76. The van der Waals surface area contributed by atoms with Crippen LogP contribution in [0.4, 0.5) is 0 Å². The van der Waals surface area contributed by atoms with Crippen LogP contribution in [0.1, 0.15) is 51.1 Å². The van der Waals surface area contributed by atoms with Gasteiger partial charge in [0, 0.05) is 11.6 Å². The summed E-state index contributed by atoms with van der Waals surface area (Å²) in [6.45, 7) is 5.08. The van der Waals surface area contributed by atoms with Crippen LogP contribution in [-0.4, -0.2) is 6.61 Å². The molecule has 1 aromatic rings. The number of hydrogen-bond acceptors (Lipinski definition) is 2. The van der Waals surface area contributed by atoms with Crippen molar-refractivity contribution in [3.05, 3.63) is 29.8 Å². The minimum absolute atomic E-state index is 0.0855. The highest BCUT2D eigenvalue weighted by Crippen LogP contribution is 2.25. The minimum Gasteiger partial charge on any atom is -0.493 e.